The zero-order chi connectivity index (χ0) is 48.5. The molecule has 1 fully saturated rings. The minimum atomic E-state index is -3.97. The maximum atomic E-state index is 14.5. The number of imidazole rings is 1. The van der Waals surface area contributed by atoms with Crippen molar-refractivity contribution in [1.29, 1.82) is 0 Å². The number of anilines is 1. The van der Waals surface area contributed by atoms with Gasteiger partial charge in [-0.15, -0.1) is 0 Å². The number of methoxy groups -OCH3 is 2. The van der Waals surface area contributed by atoms with Crippen molar-refractivity contribution >= 4 is 36.5 Å². The summed E-state index contributed by atoms with van der Waals surface area (Å²) in [5.41, 5.74) is 2.14. The number of rotatable bonds is 20. The number of carbonyl (C=O) groups is 2. The molecule has 1 saturated heterocycles. The maximum absolute atomic E-state index is 14.5. The van der Waals surface area contributed by atoms with Crippen molar-refractivity contribution in [3.63, 3.8) is 0 Å². The molecule has 1 aliphatic rings. The Labute approximate surface area is 400 Å². The van der Waals surface area contributed by atoms with Crippen LogP contribution >= 0.6 is 7.60 Å². The van der Waals surface area contributed by atoms with Crippen LogP contribution in [0, 0.1) is 0 Å². The number of aromatic nitrogens is 4. The Morgan fingerprint density at radius 1 is 0.696 bits per heavy atom. The van der Waals surface area contributed by atoms with E-state index in [4.69, 9.17) is 37.5 Å². The van der Waals surface area contributed by atoms with Gasteiger partial charge in [-0.3, -0.25) is 13.9 Å². The number of nitrogens with zero attached hydrogens (tertiary/aromatic N) is 4. The number of nitrogens with one attached hydrogen (secondary N) is 1. The maximum Gasteiger partial charge on any atom is 0.356 e. The Bertz CT molecular complexity index is 2790. The van der Waals surface area contributed by atoms with Crippen LogP contribution in [0.4, 0.5) is 5.82 Å². The summed E-state index contributed by atoms with van der Waals surface area (Å²) in [7, 11) is -0.771. The van der Waals surface area contributed by atoms with Crippen LogP contribution in [0.5, 0.6) is 11.5 Å². The van der Waals surface area contributed by atoms with Gasteiger partial charge in [0.05, 0.1) is 44.9 Å². The first kappa shape index (κ1) is 48.7. The minimum absolute atomic E-state index is 0.141. The van der Waals surface area contributed by atoms with Crippen LogP contribution in [0.1, 0.15) is 71.3 Å². The van der Waals surface area contributed by atoms with E-state index in [0.717, 1.165) is 16.7 Å². The lowest BCUT2D eigenvalue weighted by Gasteiger charge is -2.37. The average molecular weight is 956 g/mol. The van der Waals surface area contributed by atoms with E-state index in [1.54, 1.807) is 101 Å². The van der Waals surface area contributed by atoms with Gasteiger partial charge in [0, 0.05) is 5.56 Å². The second kappa shape index (κ2) is 21.7. The fourth-order valence-corrected chi connectivity index (χ4v) is 10.0. The molecule has 2 aromatic heterocycles. The molecule has 4 atom stereocenters. The van der Waals surface area contributed by atoms with Crippen LogP contribution in [0.25, 0.3) is 11.2 Å². The van der Waals surface area contributed by atoms with Crippen molar-refractivity contribution in [2.24, 2.45) is 0 Å². The number of amides is 1. The van der Waals surface area contributed by atoms with Crippen LogP contribution in [0.3, 0.4) is 0 Å². The van der Waals surface area contributed by atoms with E-state index >= 15 is 0 Å². The molecule has 0 unspecified atom stereocenters. The predicted octanol–water partition coefficient (Wildman–Crippen LogP) is 9.61. The van der Waals surface area contributed by atoms with Crippen molar-refractivity contribution in [3.8, 4) is 11.5 Å². The lowest BCUT2D eigenvalue weighted by Crippen LogP contribution is -2.42. The minimum Gasteiger partial charge on any atom is -0.497 e. The molecule has 0 spiro atoms. The summed E-state index contributed by atoms with van der Waals surface area (Å²) in [6, 6.07) is 42.1. The highest BCUT2D eigenvalue weighted by molar-refractivity contribution is 7.53. The van der Waals surface area contributed by atoms with E-state index in [1.165, 1.54) is 12.7 Å². The average Bonchev–Trinajstić information content (AvgIpc) is 3.95. The lowest BCUT2D eigenvalue weighted by molar-refractivity contribution is -0.0967. The van der Waals surface area contributed by atoms with E-state index in [-0.39, 0.29) is 29.2 Å². The standard InChI is InChI=1S/C52H54N5O11P/c1-34(2)67-69(60,68-35(3)4)33-63-46-45(66-51(59)37-18-12-8-13-19-37)43(65-50(46)57-32-55-44-47(53-31-54-48(44)57)56-49(58)36-16-10-7-11-17-36)30-64-52(38-20-14-9-15-21-38,39-22-26-41(61-5)27-23-39)40-24-28-42(62-6)29-25-40/h7-29,31-32,34-35,43,45-46,50H,30,33H2,1-6H3,(H,53,54,56,58)/t43-,45-,46+,50-/m1/s1. The largest absolute Gasteiger partial charge is 0.497 e. The quantitative estimate of drug-likeness (QED) is 0.0433. The Kier molecular flexibility index (Phi) is 15.3. The van der Waals surface area contributed by atoms with Crippen LogP contribution in [-0.2, 0) is 38.2 Å². The smallest absolute Gasteiger partial charge is 0.356 e. The molecule has 3 heterocycles. The number of hydrogen-bond donors (Lipinski definition) is 1. The third kappa shape index (κ3) is 10.9. The van der Waals surface area contributed by atoms with Crippen molar-refractivity contribution < 1.29 is 51.6 Å². The van der Waals surface area contributed by atoms with Gasteiger partial charge in [-0.1, -0.05) is 91.0 Å². The van der Waals surface area contributed by atoms with Crippen LogP contribution in [0.15, 0.2) is 152 Å². The monoisotopic (exact) mass is 955 g/mol. The van der Waals surface area contributed by atoms with Gasteiger partial charge in [0.15, 0.2) is 29.3 Å². The van der Waals surface area contributed by atoms with Gasteiger partial charge in [0.2, 0.25) is 0 Å². The summed E-state index contributed by atoms with van der Waals surface area (Å²) < 4.78 is 66.5. The summed E-state index contributed by atoms with van der Waals surface area (Å²) in [5.74, 6) is 0.346. The molecule has 0 radical (unpaired) electrons. The summed E-state index contributed by atoms with van der Waals surface area (Å²) in [6.45, 7) is 6.76. The molecule has 7 aromatic rings. The van der Waals surface area contributed by atoms with E-state index in [9.17, 15) is 14.2 Å². The van der Waals surface area contributed by atoms with Crippen LogP contribution in [-0.4, -0.2) is 89.1 Å². The van der Waals surface area contributed by atoms with Gasteiger partial charge >= 0.3 is 13.6 Å². The highest BCUT2D eigenvalue weighted by Gasteiger charge is 2.52. The number of esters is 1. The first-order valence-corrected chi connectivity index (χ1v) is 24.2. The topological polar surface area (TPSA) is 181 Å². The lowest BCUT2D eigenvalue weighted by atomic mass is 9.80. The molecule has 0 aliphatic carbocycles. The number of hydrogen-bond acceptors (Lipinski definition) is 14. The van der Waals surface area contributed by atoms with Crippen LogP contribution < -0.4 is 14.8 Å². The van der Waals surface area contributed by atoms with Crippen molar-refractivity contribution in [2.45, 2.75) is 70.0 Å². The number of ether oxygens (including phenoxy) is 6. The summed E-state index contributed by atoms with van der Waals surface area (Å²) in [5, 5.41) is 2.84. The normalized spacial score (nSPS) is 17.3. The van der Waals surface area contributed by atoms with Gasteiger partial charge in [0.1, 0.15) is 42.0 Å². The Balaban J connectivity index is 1.26. The molecule has 8 rings (SSSR count). The highest BCUT2D eigenvalue weighted by Crippen LogP contribution is 2.52. The second-order valence-electron chi connectivity index (χ2n) is 16.7. The number of carbonyl (C=O) groups excluding carboxylic acids is 2. The van der Waals surface area contributed by atoms with Crippen molar-refractivity contribution in [1.82, 2.24) is 19.5 Å². The molecule has 0 saturated carbocycles. The van der Waals surface area contributed by atoms with Gasteiger partial charge < -0.3 is 42.8 Å². The Morgan fingerprint density at radius 3 is 1.78 bits per heavy atom. The first-order valence-electron chi connectivity index (χ1n) is 22.4. The Hall–Kier alpha value is -6.78. The summed E-state index contributed by atoms with van der Waals surface area (Å²) in [4.78, 5) is 41.2. The van der Waals surface area contributed by atoms with E-state index in [0.29, 0.717) is 17.1 Å². The summed E-state index contributed by atoms with van der Waals surface area (Å²) in [6.07, 6.45) is -3.52. The van der Waals surface area contributed by atoms with Gasteiger partial charge in [0.25, 0.3) is 5.91 Å². The van der Waals surface area contributed by atoms with E-state index in [2.05, 4.69) is 20.3 Å². The predicted molar refractivity (Wildman–Crippen MR) is 257 cm³/mol. The molecule has 0 bridgehead atoms. The number of fused-ring (bicyclic) bond motifs is 1. The number of benzene rings is 5. The molecular weight excluding hydrogens is 902 g/mol. The van der Waals surface area contributed by atoms with Crippen molar-refractivity contribution in [3.05, 3.63) is 180 Å². The molecule has 1 N–H and O–H groups in total. The van der Waals surface area contributed by atoms with Gasteiger partial charge in [-0.2, -0.15) is 0 Å². The van der Waals surface area contributed by atoms with E-state index < -0.39 is 68.2 Å². The highest BCUT2D eigenvalue weighted by atomic mass is 31.2. The molecule has 5 aromatic carbocycles. The Morgan fingerprint density at radius 2 is 1.23 bits per heavy atom. The second-order valence-corrected chi connectivity index (χ2v) is 18.6. The zero-order valence-corrected chi connectivity index (χ0v) is 39.9. The van der Waals surface area contributed by atoms with Gasteiger partial charge in [-0.25, -0.2) is 19.7 Å². The fraction of sp³-hybridized carbons (Fsp3) is 0.288. The zero-order valence-electron chi connectivity index (χ0n) is 39.0. The van der Waals surface area contributed by atoms with Gasteiger partial charge in [-0.05, 0) is 92.9 Å². The summed E-state index contributed by atoms with van der Waals surface area (Å²) >= 11 is 0. The SMILES string of the molecule is COc1ccc(C(OC[C@H]2O[C@@H](n3cnc4c(NC(=O)c5ccccc5)ncnc43)[C@@H](OCP(=O)(OC(C)C)OC(C)C)[C@@H]2OC(=O)c2ccccc2)(c2ccccc2)c2ccc(OC)cc2)cc1. The molecule has 1 aliphatic heterocycles. The molecule has 358 valence electrons. The fourth-order valence-electron chi connectivity index (χ4n) is 8.24. The third-order valence-corrected chi connectivity index (χ3v) is 13.2. The van der Waals surface area contributed by atoms with E-state index in [1.807, 2.05) is 84.9 Å². The third-order valence-electron chi connectivity index (χ3n) is 11.2. The molecule has 16 nitrogen and oxygen atoms in total. The van der Waals surface area contributed by atoms with Crippen LogP contribution in [0.2, 0.25) is 0 Å². The first-order chi connectivity index (χ1) is 33.4. The molecule has 69 heavy (non-hydrogen) atoms. The molecular formula is C52H54N5O11P. The molecule has 17 heteroatoms. The van der Waals surface area contributed by atoms with Crippen molar-refractivity contribution in [2.75, 3.05) is 32.5 Å². The molecule has 1 amide bonds.